The van der Waals surface area contributed by atoms with Gasteiger partial charge < -0.3 is 9.64 Å². The molecule has 0 unspecified atom stereocenters. The summed E-state index contributed by atoms with van der Waals surface area (Å²) in [6.07, 6.45) is 2.32. The minimum Gasteiger partial charge on any atom is -0.497 e. The lowest BCUT2D eigenvalue weighted by Gasteiger charge is -2.30. The second-order valence-corrected chi connectivity index (χ2v) is 7.36. The highest BCUT2D eigenvalue weighted by Gasteiger charge is 2.20. The van der Waals surface area contributed by atoms with E-state index in [4.69, 9.17) is 4.74 Å². The van der Waals surface area contributed by atoms with Crippen LogP contribution in [0.2, 0.25) is 0 Å². The van der Waals surface area contributed by atoms with E-state index >= 15 is 0 Å². The van der Waals surface area contributed by atoms with E-state index in [1.165, 1.54) is 18.2 Å². The fourth-order valence-corrected chi connectivity index (χ4v) is 3.67. The van der Waals surface area contributed by atoms with E-state index in [-0.39, 0.29) is 5.91 Å². The average molecular weight is 357 g/mol. The summed E-state index contributed by atoms with van der Waals surface area (Å²) in [4.78, 5) is 14.3. The summed E-state index contributed by atoms with van der Waals surface area (Å²) < 4.78 is 5.16. The standard InChI is InChI=1S/C19H23N3O2S/c1-14-4-3-11-22(12-14)19(23)13-25-18-10-9-17(20-21-18)15-5-7-16(24-2)8-6-15/h5-10,14H,3-4,11-13H2,1-2H3/t14-/m0/s1. The van der Waals surface area contributed by atoms with Crippen LogP contribution >= 0.6 is 11.8 Å². The number of likely N-dealkylation sites (tertiary alicyclic amines) is 1. The van der Waals surface area contributed by atoms with Crippen LogP contribution in [0.4, 0.5) is 0 Å². The fourth-order valence-electron chi connectivity index (χ4n) is 2.96. The number of methoxy groups -OCH3 is 1. The van der Waals surface area contributed by atoms with Crippen molar-refractivity contribution in [3.8, 4) is 17.0 Å². The smallest absolute Gasteiger partial charge is 0.232 e. The van der Waals surface area contributed by atoms with Gasteiger partial charge in [-0.1, -0.05) is 18.7 Å². The normalized spacial score (nSPS) is 17.4. The van der Waals surface area contributed by atoms with Crippen molar-refractivity contribution in [1.29, 1.82) is 0 Å². The van der Waals surface area contributed by atoms with Crippen molar-refractivity contribution in [2.45, 2.75) is 24.8 Å². The molecule has 2 aromatic rings. The third kappa shape index (κ3) is 4.72. The van der Waals surface area contributed by atoms with Crippen LogP contribution in [0.25, 0.3) is 11.3 Å². The molecule has 1 aromatic heterocycles. The van der Waals surface area contributed by atoms with E-state index in [1.807, 2.05) is 41.3 Å². The maximum absolute atomic E-state index is 12.3. The number of hydrogen-bond donors (Lipinski definition) is 0. The van der Waals surface area contributed by atoms with E-state index < -0.39 is 0 Å². The van der Waals surface area contributed by atoms with Crippen LogP contribution in [-0.4, -0.2) is 47.0 Å². The van der Waals surface area contributed by atoms with E-state index in [0.29, 0.717) is 11.7 Å². The van der Waals surface area contributed by atoms with Gasteiger partial charge in [0.1, 0.15) is 10.8 Å². The topological polar surface area (TPSA) is 55.3 Å². The van der Waals surface area contributed by atoms with Crippen LogP contribution < -0.4 is 4.74 Å². The number of rotatable bonds is 5. The number of hydrogen-bond acceptors (Lipinski definition) is 5. The molecule has 1 aliphatic rings. The summed E-state index contributed by atoms with van der Waals surface area (Å²) >= 11 is 1.45. The zero-order valence-electron chi connectivity index (χ0n) is 14.6. The first-order valence-corrected chi connectivity index (χ1v) is 9.53. The molecule has 1 amide bonds. The predicted molar refractivity (Wildman–Crippen MR) is 99.7 cm³/mol. The number of carbonyl (C=O) groups is 1. The second kappa shape index (κ2) is 8.34. The Morgan fingerprint density at radius 1 is 1.24 bits per heavy atom. The summed E-state index contributed by atoms with van der Waals surface area (Å²) in [6, 6.07) is 11.6. The van der Waals surface area contributed by atoms with Gasteiger partial charge in [-0.25, -0.2) is 0 Å². The number of thioether (sulfide) groups is 1. The Balaban J connectivity index is 1.56. The number of nitrogens with zero attached hydrogens (tertiary/aromatic N) is 3. The third-order valence-electron chi connectivity index (χ3n) is 4.38. The molecule has 6 heteroatoms. The van der Waals surface area contributed by atoms with Crippen molar-refractivity contribution < 1.29 is 9.53 Å². The molecule has 1 aromatic carbocycles. The van der Waals surface area contributed by atoms with Gasteiger partial charge in [0, 0.05) is 18.7 Å². The van der Waals surface area contributed by atoms with Crippen molar-refractivity contribution in [3.05, 3.63) is 36.4 Å². The average Bonchev–Trinajstić information content (AvgIpc) is 2.66. The van der Waals surface area contributed by atoms with Gasteiger partial charge in [-0.15, -0.1) is 10.2 Å². The van der Waals surface area contributed by atoms with E-state index in [1.54, 1.807) is 7.11 Å². The largest absolute Gasteiger partial charge is 0.497 e. The Morgan fingerprint density at radius 2 is 2.04 bits per heavy atom. The van der Waals surface area contributed by atoms with Crippen molar-refractivity contribution in [2.24, 2.45) is 5.92 Å². The minimum atomic E-state index is 0.192. The van der Waals surface area contributed by atoms with Gasteiger partial charge >= 0.3 is 0 Å². The van der Waals surface area contributed by atoms with Crippen molar-refractivity contribution in [3.63, 3.8) is 0 Å². The number of carbonyl (C=O) groups excluding carboxylic acids is 1. The summed E-state index contributed by atoms with van der Waals surface area (Å²) in [6.45, 7) is 3.96. The molecule has 25 heavy (non-hydrogen) atoms. The van der Waals surface area contributed by atoms with Gasteiger partial charge in [0.05, 0.1) is 18.6 Å². The molecule has 132 valence electrons. The maximum atomic E-state index is 12.3. The summed E-state index contributed by atoms with van der Waals surface area (Å²) in [5, 5.41) is 9.28. The molecule has 1 aliphatic heterocycles. The first-order valence-electron chi connectivity index (χ1n) is 8.54. The highest BCUT2D eigenvalue weighted by molar-refractivity contribution is 7.99. The number of piperidine rings is 1. The molecule has 0 aliphatic carbocycles. The molecule has 1 saturated heterocycles. The molecule has 0 N–H and O–H groups in total. The first kappa shape index (κ1) is 17.7. The molecule has 0 spiro atoms. The molecular formula is C19H23N3O2S. The lowest BCUT2D eigenvalue weighted by atomic mass is 10.0. The molecule has 5 nitrogen and oxygen atoms in total. The fraction of sp³-hybridized carbons (Fsp3) is 0.421. The van der Waals surface area contributed by atoms with Crippen LogP contribution in [0, 0.1) is 5.92 Å². The zero-order chi connectivity index (χ0) is 17.6. The Labute approximate surface area is 152 Å². The van der Waals surface area contributed by atoms with Gasteiger partial charge in [0.15, 0.2) is 0 Å². The molecule has 0 radical (unpaired) electrons. The number of benzene rings is 1. The first-order chi connectivity index (χ1) is 12.2. The van der Waals surface area contributed by atoms with Gasteiger partial charge in [0.2, 0.25) is 5.91 Å². The Bertz CT molecular complexity index is 704. The minimum absolute atomic E-state index is 0.192. The van der Waals surface area contributed by atoms with Gasteiger partial charge in [-0.3, -0.25) is 4.79 Å². The SMILES string of the molecule is COc1ccc(-c2ccc(SCC(=O)N3CCC[C@H](C)C3)nn2)cc1. The van der Waals surface area contributed by atoms with Crippen LogP contribution in [0.15, 0.2) is 41.4 Å². The quantitative estimate of drug-likeness (QED) is 0.767. The lowest BCUT2D eigenvalue weighted by molar-refractivity contribution is -0.130. The van der Waals surface area contributed by atoms with Crippen molar-refractivity contribution in [2.75, 3.05) is 26.0 Å². The molecular weight excluding hydrogens is 334 g/mol. The van der Waals surface area contributed by atoms with Crippen molar-refractivity contribution in [1.82, 2.24) is 15.1 Å². The summed E-state index contributed by atoms with van der Waals surface area (Å²) in [5.41, 5.74) is 1.80. The van der Waals surface area contributed by atoms with Crippen LogP contribution in [0.1, 0.15) is 19.8 Å². The molecule has 0 saturated carbocycles. The monoisotopic (exact) mass is 357 g/mol. The van der Waals surface area contributed by atoms with E-state index in [0.717, 1.165) is 41.5 Å². The Morgan fingerprint density at radius 3 is 2.68 bits per heavy atom. The highest BCUT2D eigenvalue weighted by atomic mass is 32.2. The van der Waals surface area contributed by atoms with Crippen LogP contribution in [0.5, 0.6) is 5.75 Å². The summed E-state index contributed by atoms with van der Waals surface area (Å²) in [5.74, 6) is 2.03. The number of ether oxygens (including phenoxy) is 1. The Kier molecular flexibility index (Phi) is 5.91. The summed E-state index contributed by atoms with van der Waals surface area (Å²) in [7, 11) is 1.65. The lowest BCUT2D eigenvalue weighted by Crippen LogP contribution is -2.40. The Hall–Kier alpha value is -2.08. The van der Waals surface area contributed by atoms with Crippen LogP contribution in [0.3, 0.4) is 0 Å². The van der Waals surface area contributed by atoms with E-state index in [2.05, 4.69) is 17.1 Å². The molecule has 1 fully saturated rings. The molecule has 0 bridgehead atoms. The third-order valence-corrected chi connectivity index (χ3v) is 5.28. The van der Waals surface area contributed by atoms with Gasteiger partial charge in [-0.2, -0.15) is 0 Å². The predicted octanol–water partition coefficient (Wildman–Crippen LogP) is 3.50. The molecule has 3 rings (SSSR count). The van der Waals surface area contributed by atoms with Crippen molar-refractivity contribution >= 4 is 17.7 Å². The molecule has 1 atom stereocenters. The van der Waals surface area contributed by atoms with Crippen LogP contribution in [-0.2, 0) is 4.79 Å². The number of aromatic nitrogens is 2. The van der Waals surface area contributed by atoms with Gasteiger partial charge in [0.25, 0.3) is 0 Å². The highest BCUT2D eigenvalue weighted by Crippen LogP contribution is 2.23. The van der Waals surface area contributed by atoms with E-state index in [9.17, 15) is 4.79 Å². The molecule has 2 heterocycles. The van der Waals surface area contributed by atoms with Gasteiger partial charge in [-0.05, 0) is 55.2 Å². The second-order valence-electron chi connectivity index (χ2n) is 6.36. The zero-order valence-corrected chi connectivity index (χ0v) is 15.5. The number of amides is 1. The maximum Gasteiger partial charge on any atom is 0.232 e.